The van der Waals surface area contributed by atoms with Crippen molar-refractivity contribution in [2.45, 2.75) is 39.4 Å². The van der Waals surface area contributed by atoms with Crippen LogP contribution in [-0.4, -0.2) is 21.9 Å². The van der Waals surface area contributed by atoms with Crippen LogP contribution in [0.5, 0.6) is 0 Å². The Labute approximate surface area is 173 Å². The minimum absolute atomic E-state index is 0.121. The van der Waals surface area contributed by atoms with Crippen LogP contribution in [0.3, 0.4) is 0 Å². The lowest BCUT2D eigenvalue weighted by molar-refractivity contribution is -0.134. The lowest BCUT2D eigenvalue weighted by Crippen LogP contribution is -2.30. The second-order valence-electron chi connectivity index (χ2n) is 7.39. The van der Waals surface area contributed by atoms with E-state index in [0.717, 1.165) is 23.3 Å². The highest BCUT2D eigenvalue weighted by atomic mass is 32.1. The molecule has 4 rings (SSSR count). The third kappa shape index (κ3) is 5.12. The van der Waals surface area contributed by atoms with Gasteiger partial charge in [-0.25, -0.2) is 0 Å². The van der Waals surface area contributed by atoms with E-state index in [4.69, 9.17) is 4.52 Å². The quantitative estimate of drug-likeness (QED) is 0.612. The lowest BCUT2D eigenvalue weighted by atomic mass is 10.1. The molecule has 0 unspecified atom stereocenters. The van der Waals surface area contributed by atoms with Crippen LogP contribution in [0.1, 0.15) is 45.1 Å². The Hall–Kier alpha value is -2.93. The zero-order valence-corrected chi connectivity index (χ0v) is 17.1. The van der Waals surface area contributed by atoms with Gasteiger partial charge < -0.3 is 14.7 Å². The fraction of sp³-hybridized carbons (Fsp3) is 0.318. The number of nitrogens with zero attached hydrogens (tertiary/aromatic N) is 2. The highest BCUT2D eigenvalue weighted by Crippen LogP contribution is 2.32. The summed E-state index contributed by atoms with van der Waals surface area (Å²) in [6.07, 6.45) is 1.89. The molecule has 1 fully saturated rings. The first-order valence-electron chi connectivity index (χ1n) is 9.69. The number of thiophene rings is 1. The van der Waals surface area contributed by atoms with Crippen molar-refractivity contribution in [3.63, 3.8) is 0 Å². The molecule has 3 aromatic rings. The fourth-order valence-electron chi connectivity index (χ4n) is 3.05. The Morgan fingerprint density at radius 3 is 2.69 bits per heavy atom. The third-order valence-electron chi connectivity index (χ3n) is 4.88. The van der Waals surface area contributed by atoms with Gasteiger partial charge in [-0.3, -0.25) is 9.59 Å². The molecule has 29 heavy (non-hydrogen) atoms. The van der Waals surface area contributed by atoms with Crippen molar-refractivity contribution in [1.29, 1.82) is 0 Å². The van der Waals surface area contributed by atoms with Gasteiger partial charge in [-0.05, 0) is 36.8 Å². The average Bonchev–Trinajstić information content (AvgIpc) is 3.24. The van der Waals surface area contributed by atoms with Crippen molar-refractivity contribution in [3.05, 3.63) is 75.3 Å². The number of carbonyl (C=O) groups excluding carboxylic acids is 2. The van der Waals surface area contributed by atoms with Crippen molar-refractivity contribution < 1.29 is 14.1 Å². The molecule has 1 aliphatic carbocycles. The number of carbonyl (C=O) groups is 2. The molecule has 2 heterocycles. The third-order valence-corrected chi connectivity index (χ3v) is 5.74. The summed E-state index contributed by atoms with van der Waals surface area (Å²) < 4.78 is 5.35. The number of nitrogens with one attached hydrogen (secondary N) is 1. The number of benzene rings is 1. The van der Waals surface area contributed by atoms with Crippen molar-refractivity contribution in [2.75, 3.05) is 0 Å². The molecule has 0 spiro atoms. The van der Waals surface area contributed by atoms with Crippen molar-refractivity contribution in [3.8, 4) is 0 Å². The molecule has 7 heteroatoms. The predicted molar refractivity (Wildman–Crippen MR) is 110 cm³/mol. The SMILES string of the molecule is Cc1ccc(CNC(=O)c2cc(CN(Cc3cccs3)C(=O)C3CC3)on2)cc1. The van der Waals surface area contributed by atoms with Crippen LogP contribution in [-0.2, 0) is 24.4 Å². The Kier molecular flexibility index (Phi) is 5.76. The van der Waals surface area contributed by atoms with E-state index in [0.29, 0.717) is 25.4 Å². The topological polar surface area (TPSA) is 75.4 Å². The molecule has 1 N–H and O–H groups in total. The molecule has 2 aromatic heterocycles. The number of aromatic nitrogens is 1. The van der Waals surface area contributed by atoms with Gasteiger partial charge in [0.25, 0.3) is 5.91 Å². The number of rotatable bonds is 8. The summed E-state index contributed by atoms with van der Waals surface area (Å²) in [5, 5.41) is 8.74. The molecular weight excluding hydrogens is 386 g/mol. The van der Waals surface area contributed by atoms with Crippen LogP contribution in [0.2, 0.25) is 0 Å². The van der Waals surface area contributed by atoms with Crippen LogP contribution in [0.4, 0.5) is 0 Å². The summed E-state index contributed by atoms with van der Waals surface area (Å²) in [5.74, 6) is 0.477. The van der Waals surface area contributed by atoms with Gasteiger partial charge in [-0.15, -0.1) is 11.3 Å². The zero-order chi connectivity index (χ0) is 20.2. The summed E-state index contributed by atoms with van der Waals surface area (Å²) in [7, 11) is 0. The molecule has 0 bridgehead atoms. The highest BCUT2D eigenvalue weighted by Gasteiger charge is 2.34. The molecule has 1 aliphatic rings. The molecule has 150 valence electrons. The number of aryl methyl sites for hydroxylation is 1. The first-order chi connectivity index (χ1) is 14.1. The maximum atomic E-state index is 12.6. The van der Waals surface area contributed by atoms with E-state index in [9.17, 15) is 9.59 Å². The van der Waals surface area contributed by atoms with Crippen molar-refractivity contribution >= 4 is 23.2 Å². The molecular formula is C22H23N3O3S. The molecule has 1 saturated carbocycles. The minimum Gasteiger partial charge on any atom is -0.359 e. The first kappa shape index (κ1) is 19.4. The number of amides is 2. The second-order valence-corrected chi connectivity index (χ2v) is 8.43. The van der Waals surface area contributed by atoms with Gasteiger partial charge >= 0.3 is 0 Å². The van der Waals surface area contributed by atoms with Crippen LogP contribution in [0, 0.1) is 12.8 Å². The second kappa shape index (κ2) is 8.61. The van der Waals surface area contributed by atoms with E-state index < -0.39 is 0 Å². The van der Waals surface area contributed by atoms with E-state index in [1.807, 2.05) is 48.7 Å². The van der Waals surface area contributed by atoms with Gasteiger partial charge in [0.1, 0.15) is 0 Å². The van der Waals surface area contributed by atoms with Gasteiger partial charge in [-0.1, -0.05) is 41.1 Å². The van der Waals surface area contributed by atoms with Crippen LogP contribution in [0.25, 0.3) is 0 Å². The van der Waals surface area contributed by atoms with Crippen molar-refractivity contribution in [1.82, 2.24) is 15.4 Å². The predicted octanol–water partition coefficient (Wildman–Crippen LogP) is 3.91. The zero-order valence-electron chi connectivity index (χ0n) is 16.3. The van der Waals surface area contributed by atoms with E-state index in [1.54, 1.807) is 22.3 Å². The summed E-state index contributed by atoms with van der Waals surface area (Å²) in [5.41, 5.74) is 2.42. The molecule has 0 saturated heterocycles. The fourth-order valence-corrected chi connectivity index (χ4v) is 3.77. The number of hydrogen-bond acceptors (Lipinski definition) is 5. The van der Waals surface area contributed by atoms with E-state index in [-0.39, 0.29) is 23.4 Å². The summed E-state index contributed by atoms with van der Waals surface area (Å²) in [4.78, 5) is 27.9. The molecule has 0 atom stereocenters. The number of hydrogen-bond donors (Lipinski definition) is 1. The normalized spacial score (nSPS) is 13.3. The molecule has 2 amide bonds. The Balaban J connectivity index is 1.37. The van der Waals surface area contributed by atoms with Gasteiger partial charge in [-0.2, -0.15) is 0 Å². The smallest absolute Gasteiger partial charge is 0.273 e. The maximum absolute atomic E-state index is 12.6. The van der Waals surface area contributed by atoms with Crippen LogP contribution in [0.15, 0.2) is 52.4 Å². The van der Waals surface area contributed by atoms with Gasteiger partial charge in [0.05, 0.1) is 13.1 Å². The maximum Gasteiger partial charge on any atom is 0.273 e. The van der Waals surface area contributed by atoms with E-state index >= 15 is 0 Å². The van der Waals surface area contributed by atoms with Gasteiger partial charge in [0.2, 0.25) is 5.91 Å². The van der Waals surface area contributed by atoms with E-state index in [1.165, 1.54) is 5.56 Å². The Morgan fingerprint density at radius 2 is 2.00 bits per heavy atom. The van der Waals surface area contributed by atoms with Gasteiger partial charge in [0.15, 0.2) is 11.5 Å². The molecule has 0 aliphatic heterocycles. The largest absolute Gasteiger partial charge is 0.359 e. The van der Waals surface area contributed by atoms with Crippen molar-refractivity contribution in [2.24, 2.45) is 5.92 Å². The first-order valence-corrected chi connectivity index (χ1v) is 10.6. The van der Waals surface area contributed by atoms with E-state index in [2.05, 4.69) is 10.5 Å². The highest BCUT2D eigenvalue weighted by molar-refractivity contribution is 7.09. The standard InChI is InChI=1S/C22H23N3O3S/c1-15-4-6-16(7-5-15)12-23-21(26)20-11-18(28-24-20)13-25(22(27)17-8-9-17)14-19-3-2-10-29-19/h2-7,10-11,17H,8-9,12-14H2,1H3,(H,23,26). The Bertz CT molecular complexity index is 975. The summed E-state index contributed by atoms with van der Waals surface area (Å²) in [6, 6.07) is 13.6. The molecule has 1 aromatic carbocycles. The lowest BCUT2D eigenvalue weighted by Gasteiger charge is -2.20. The molecule has 0 radical (unpaired) electrons. The summed E-state index contributed by atoms with van der Waals surface area (Å²) in [6.45, 7) is 3.30. The average molecular weight is 410 g/mol. The monoisotopic (exact) mass is 409 g/mol. The molecule has 6 nitrogen and oxygen atoms in total. The summed E-state index contributed by atoms with van der Waals surface area (Å²) >= 11 is 1.62. The van der Waals surface area contributed by atoms with Crippen LogP contribution < -0.4 is 5.32 Å². The van der Waals surface area contributed by atoms with Gasteiger partial charge in [0, 0.05) is 23.4 Å². The van der Waals surface area contributed by atoms with Crippen LogP contribution >= 0.6 is 11.3 Å². The minimum atomic E-state index is -0.293. The Morgan fingerprint density at radius 1 is 1.21 bits per heavy atom.